The number of amides is 1. The molecule has 0 heterocycles. The maximum atomic E-state index is 11.9. The SMILES string of the molecule is CN(CC1(CN)CCC1)C(=O)C1CCC1. The van der Waals surface area contributed by atoms with Crippen molar-refractivity contribution in [3.8, 4) is 0 Å². The van der Waals surface area contributed by atoms with Crippen LogP contribution >= 0.6 is 0 Å². The van der Waals surface area contributed by atoms with E-state index in [1.807, 2.05) is 11.9 Å². The van der Waals surface area contributed by atoms with E-state index in [4.69, 9.17) is 5.73 Å². The molecule has 2 fully saturated rings. The summed E-state index contributed by atoms with van der Waals surface area (Å²) in [6.45, 7) is 1.61. The van der Waals surface area contributed by atoms with E-state index >= 15 is 0 Å². The summed E-state index contributed by atoms with van der Waals surface area (Å²) in [5.41, 5.74) is 6.06. The van der Waals surface area contributed by atoms with Gasteiger partial charge in [0, 0.05) is 24.9 Å². The van der Waals surface area contributed by atoms with E-state index in [0.717, 1.165) is 25.9 Å². The molecule has 0 spiro atoms. The van der Waals surface area contributed by atoms with E-state index in [1.165, 1.54) is 25.7 Å². The third-order valence-electron chi connectivity index (χ3n) is 4.25. The summed E-state index contributed by atoms with van der Waals surface area (Å²) >= 11 is 0. The van der Waals surface area contributed by atoms with Gasteiger partial charge in [-0.2, -0.15) is 0 Å². The molecule has 2 saturated carbocycles. The van der Waals surface area contributed by atoms with Crippen LogP contribution < -0.4 is 5.73 Å². The molecule has 0 bridgehead atoms. The summed E-state index contributed by atoms with van der Waals surface area (Å²) in [5, 5.41) is 0. The van der Waals surface area contributed by atoms with Crippen molar-refractivity contribution in [1.82, 2.24) is 4.90 Å². The Morgan fingerprint density at radius 2 is 2.07 bits per heavy atom. The summed E-state index contributed by atoms with van der Waals surface area (Å²) in [4.78, 5) is 13.9. The first-order valence-electron chi connectivity index (χ1n) is 6.12. The molecule has 3 nitrogen and oxygen atoms in total. The Morgan fingerprint density at radius 3 is 2.40 bits per heavy atom. The normalized spacial score (nSPS) is 24.1. The Morgan fingerprint density at radius 1 is 1.40 bits per heavy atom. The molecule has 0 unspecified atom stereocenters. The summed E-state index contributed by atoms with van der Waals surface area (Å²) < 4.78 is 0. The van der Waals surface area contributed by atoms with Crippen LogP contribution in [0.1, 0.15) is 38.5 Å². The number of nitrogens with two attached hydrogens (primary N) is 1. The van der Waals surface area contributed by atoms with Crippen LogP contribution in [0.4, 0.5) is 0 Å². The van der Waals surface area contributed by atoms with Gasteiger partial charge in [-0.25, -0.2) is 0 Å². The molecule has 2 rings (SSSR count). The zero-order valence-corrected chi connectivity index (χ0v) is 9.67. The number of rotatable bonds is 4. The van der Waals surface area contributed by atoms with Gasteiger partial charge in [-0.15, -0.1) is 0 Å². The number of carbonyl (C=O) groups is 1. The Labute approximate surface area is 92.0 Å². The fourth-order valence-corrected chi connectivity index (χ4v) is 2.65. The molecule has 0 saturated heterocycles. The lowest BCUT2D eigenvalue weighted by atomic mass is 9.68. The molecule has 0 aromatic heterocycles. The molecule has 0 aliphatic heterocycles. The molecule has 86 valence electrons. The van der Waals surface area contributed by atoms with Crippen LogP contribution in [0.3, 0.4) is 0 Å². The number of carbonyl (C=O) groups excluding carboxylic acids is 1. The average Bonchev–Trinajstić information content (AvgIpc) is 2.08. The zero-order chi connectivity index (χ0) is 10.9. The topological polar surface area (TPSA) is 46.3 Å². The summed E-state index contributed by atoms with van der Waals surface area (Å²) in [7, 11) is 1.94. The highest BCUT2D eigenvalue weighted by Gasteiger charge is 2.38. The molecule has 2 aliphatic carbocycles. The number of hydrogen-bond donors (Lipinski definition) is 1. The van der Waals surface area contributed by atoms with Gasteiger partial charge in [-0.3, -0.25) is 4.79 Å². The van der Waals surface area contributed by atoms with Gasteiger partial charge in [0.1, 0.15) is 0 Å². The first-order chi connectivity index (χ1) is 7.17. The second kappa shape index (κ2) is 4.12. The van der Waals surface area contributed by atoms with Gasteiger partial charge in [0.2, 0.25) is 5.91 Å². The van der Waals surface area contributed by atoms with E-state index in [9.17, 15) is 4.79 Å². The Kier molecular flexibility index (Phi) is 3.01. The van der Waals surface area contributed by atoms with Gasteiger partial charge in [-0.05, 0) is 32.2 Å². The van der Waals surface area contributed by atoms with Crippen molar-refractivity contribution in [2.45, 2.75) is 38.5 Å². The molecule has 0 radical (unpaired) electrons. The Hall–Kier alpha value is -0.570. The first-order valence-corrected chi connectivity index (χ1v) is 6.12. The molecule has 2 aliphatic rings. The highest BCUT2D eigenvalue weighted by atomic mass is 16.2. The van der Waals surface area contributed by atoms with Crippen molar-refractivity contribution >= 4 is 5.91 Å². The average molecular weight is 210 g/mol. The smallest absolute Gasteiger partial charge is 0.225 e. The molecule has 1 amide bonds. The van der Waals surface area contributed by atoms with Crippen LogP contribution in [0.2, 0.25) is 0 Å². The van der Waals surface area contributed by atoms with Gasteiger partial charge in [0.25, 0.3) is 0 Å². The lowest BCUT2D eigenvalue weighted by Crippen LogP contribution is -2.49. The van der Waals surface area contributed by atoms with Crippen LogP contribution in [-0.4, -0.2) is 30.9 Å². The second-order valence-corrected chi connectivity index (χ2v) is 5.38. The minimum Gasteiger partial charge on any atom is -0.345 e. The largest absolute Gasteiger partial charge is 0.345 e. The predicted molar refractivity (Wildman–Crippen MR) is 60.3 cm³/mol. The van der Waals surface area contributed by atoms with Gasteiger partial charge in [-0.1, -0.05) is 12.8 Å². The first kappa shape index (κ1) is 10.9. The van der Waals surface area contributed by atoms with E-state index in [1.54, 1.807) is 0 Å². The standard InChI is InChI=1S/C12H22N2O/c1-14(11(15)10-4-2-5-10)9-12(8-13)6-3-7-12/h10H,2-9,13H2,1H3. The van der Waals surface area contributed by atoms with Gasteiger partial charge < -0.3 is 10.6 Å². The molecular formula is C12H22N2O. The van der Waals surface area contributed by atoms with E-state index < -0.39 is 0 Å². The Balaban J connectivity index is 1.84. The van der Waals surface area contributed by atoms with Crippen molar-refractivity contribution in [3.63, 3.8) is 0 Å². The molecular weight excluding hydrogens is 188 g/mol. The van der Waals surface area contributed by atoms with Crippen LogP contribution in [-0.2, 0) is 4.79 Å². The number of nitrogens with zero attached hydrogens (tertiary/aromatic N) is 1. The predicted octanol–water partition coefficient (Wildman–Crippen LogP) is 1.37. The third-order valence-corrected chi connectivity index (χ3v) is 4.25. The molecule has 3 heteroatoms. The lowest BCUT2D eigenvalue weighted by molar-refractivity contribution is -0.139. The Bertz CT molecular complexity index is 238. The minimum atomic E-state index is 0.258. The minimum absolute atomic E-state index is 0.258. The monoisotopic (exact) mass is 210 g/mol. The van der Waals surface area contributed by atoms with Crippen LogP contribution in [0, 0.1) is 11.3 Å². The zero-order valence-electron chi connectivity index (χ0n) is 9.67. The maximum Gasteiger partial charge on any atom is 0.225 e. The molecule has 0 aromatic carbocycles. The lowest BCUT2D eigenvalue weighted by Gasteiger charge is -2.44. The van der Waals surface area contributed by atoms with Crippen molar-refractivity contribution in [3.05, 3.63) is 0 Å². The summed E-state index contributed by atoms with van der Waals surface area (Å²) in [6.07, 6.45) is 7.10. The second-order valence-electron chi connectivity index (χ2n) is 5.38. The quantitative estimate of drug-likeness (QED) is 0.762. The highest BCUT2D eigenvalue weighted by Crippen LogP contribution is 2.41. The molecule has 0 atom stereocenters. The molecule has 2 N–H and O–H groups in total. The van der Waals surface area contributed by atoms with E-state index in [0.29, 0.717) is 11.8 Å². The van der Waals surface area contributed by atoms with Crippen LogP contribution in [0.25, 0.3) is 0 Å². The van der Waals surface area contributed by atoms with E-state index in [-0.39, 0.29) is 5.41 Å². The summed E-state index contributed by atoms with van der Waals surface area (Å²) in [6, 6.07) is 0. The summed E-state index contributed by atoms with van der Waals surface area (Å²) in [5.74, 6) is 0.672. The fourth-order valence-electron chi connectivity index (χ4n) is 2.65. The van der Waals surface area contributed by atoms with Crippen LogP contribution in [0.15, 0.2) is 0 Å². The van der Waals surface area contributed by atoms with Crippen molar-refractivity contribution in [2.75, 3.05) is 20.1 Å². The van der Waals surface area contributed by atoms with Gasteiger partial charge in [0.05, 0.1) is 0 Å². The molecule has 0 aromatic rings. The van der Waals surface area contributed by atoms with E-state index in [2.05, 4.69) is 0 Å². The van der Waals surface area contributed by atoms with Crippen molar-refractivity contribution < 1.29 is 4.79 Å². The van der Waals surface area contributed by atoms with Crippen LogP contribution in [0.5, 0.6) is 0 Å². The highest BCUT2D eigenvalue weighted by molar-refractivity contribution is 5.79. The van der Waals surface area contributed by atoms with Gasteiger partial charge in [0.15, 0.2) is 0 Å². The fraction of sp³-hybridized carbons (Fsp3) is 0.917. The van der Waals surface area contributed by atoms with Crippen molar-refractivity contribution in [1.29, 1.82) is 0 Å². The maximum absolute atomic E-state index is 11.9. The van der Waals surface area contributed by atoms with Gasteiger partial charge >= 0.3 is 0 Å². The third kappa shape index (κ3) is 2.03. The van der Waals surface area contributed by atoms with Crippen molar-refractivity contribution in [2.24, 2.45) is 17.1 Å². The molecule has 15 heavy (non-hydrogen) atoms. The number of hydrogen-bond acceptors (Lipinski definition) is 2.